The Bertz CT molecular complexity index is 1070. The molecule has 0 spiro atoms. The van der Waals surface area contributed by atoms with Gasteiger partial charge in [-0.3, -0.25) is 4.79 Å². The van der Waals surface area contributed by atoms with Gasteiger partial charge in [-0.1, -0.05) is 6.07 Å². The first kappa shape index (κ1) is 24.7. The Morgan fingerprint density at radius 3 is 2.27 bits per heavy atom. The smallest absolute Gasteiger partial charge is 0.246 e. The Morgan fingerprint density at radius 1 is 1.00 bits per heavy atom. The van der Waals surface area contributed by atoms with Crippen LogP contribution in [0.3, 0.4) is 0 Å². The zero-order valence-electron chi connectivity index (χ0n) is 19.3. The third-order valence-electron chi connectivity index (χ3n) is 5.71. The van der Waals surface area contributed by atoms with Crippen molar-refractivity contribution in [3.63, 3.8) is 0 Å². The molecule has 0 saturated carbocycles. The van der Waals surface area contributed by atoms with Crippen LogP contribution in [0.5, 0.6) is 23.0 Å². The molecule has 1 heterocycles. The van der Waals surface area contributed by atoms with Gasteiger partial charge in [0.15, 0.2) is 0 Å². The maximum absolute atomic E-state index is 13.4. The molecule has 9 nitrogen and oxygen atoms in total. The van der Waals surface area contributed by atoms with E-state index in [1.165, 1.54) is 24.6 Å². The first-order valence-corrected chi connectivity index (χ1v) is 12.0. The maximum atomic E-state index is 13.4. The number of piperidine rings is 1. The largest absolute Gasteiger partial charge is 0.497 e. The zero-order chi connectivity index (χ0) is 24.0. The lowest BCUT2D eigenvalue weighted by molar-refractivity contribution is -0.126. The van der Waals surface area contributed by atoms with Gasteiger partial charge in [0.05, 0.1) is 46.5 Å². The van der Waals surface area contributed by atoms with E-state index < -0.39 is 15.9 Å². The van der Waals surface area contributed by atoms with Gasteiger partial charge in [-0.15, -0.1) is 0 Å². The first-order valence-electron chi connectivity index (χ1n) is 10.6. The summed E-state index contributed by atoms with van der Waals surface area (Å²) >= 11 is 0. The molecule has 3 rings (SSSR count). The molecule has 0 aromatic heterocycles. The van der Waals surface area contributed by atoms with E-state index in [0.29, 0.717) is 36.6 Å². The summed E-state index contributed by atoms with van der Waals surface area (Å²) in [5.41, 5.74) is 0.720. The number of hydrogen-bond donors (Lipinski definition) is 1. The van der Waals surface area contributed by atoms with Crippen molar-refractivity contribution < 1.29 is 32.2 Å². The minimum atomic E-state index is -3.88. The summed E-state index contributed by atoms with van der Waals surface area (Å²) in [6.07, 6.45) is 1.16. The summed E-state index contributed by atoms with van der Waals surface area (Å²) in [4.78, 5) is 13.0. The van der Waals surface area contributed by atoms with E-state index in [4.69, 9.17) is 18.9 Å². The average Bonchev–Trinajstić information content (AvgIpc) is 2.86. The van der Waals surface area contributed by atoms with Crippen LogP contribution < -0.4 is 24.3 Å². The van der Waals surface area contributed by atoms with Gasteiger partial charge in [-0.05, 0) is 37.1 Å². The molecule has 0 aliphatic carbocycles. The van der Waals surface area contributed by atoms with Crippen LogP contribution in [0.25, 0.3) is 0 Å². The van der Waals surface area contributed by atoms with Gasteiger partial charge in [0.1, 0.15) is 27.9 Å². The number of sulfonamides is 1. The SMILES string of the molecule is COc1ccc(OC)c(S(=O)(=O)N2CCC[C@@H](C(=O)NCc3c(OC)cccc3OC)C2)c1. The van der Waals surface area contributed by atoms with Crippen molar-refractivity contribution in [3.05, 3.63) is 42.0 Å². The van der Waals surface area contributed by atoms with E-state index >= 15 is 0 Å². The summed E-state index contributed by atoms with van der Waals surface area (Å²) in [5, 5.41) is 2.91. The van der Waals surface area contributed by atoms with Crippen LogP contribution in [0.15, 0.2) is 41.3 Å². The Kier molecular flexibility index (Phi) is 8.04. The molecule has 2 aromatic rings. The second-order valence-corrected chi connectivity index (χ2v) is 9.48. The molecule has 1 amide bonds. The number of nitrogens with zero attached hydrogens (tertiary/aromatic N) is 1. The molecule has 1 N–H and O–H groups in total. The second kappa shape index (κ2) is 10.8. The first-order chi connectivity index (χ1) is 15.8. The third-order valence-corrected chi connectivity index (χ3v) is 7.60. The second-order valence-electron chi connectivity index (χ2n) is 7.58. The quantitative estimate of drug-likeness (QED) is 0.590. The van der Waals surface area contributed by atoms with E-state index in [-0.39, 0.29) is 29.6 Å². The average molecular weight is 479 g/mol. The van der Waals surface area contributed by atoms with Crippen molar-refractivity contribution in [2.45, 2.75) is 24.3 Å². The molecular formula is C23H30N2O7S. The Hall–Kier alpha value is -2.98. The number of benzene rings is 2. The fourth-order valence-electron chi connectivity index (χ4n) is 3.92. The van der Waals surface area contributed by atoms with Crippen molar-refractivity contribution >= 4 is 15.9 Å². The number of carbonyl (C=O) groups excluding carboxylic acids is 1. The molecule has 10 heteroatoms. The highest BCUT2D eigenvalue weighted by Crippen LogP contribution is 2.33. The standard InChI is InChI=1S/C23H30N2O7S/c1-29-17-10-11-21(32-4)22(13-17)33(27,28)25-12-6-7-16(15-25)23(26)24-14-18-19(30-2)8-5-9-20(18)31-3/h5,8-11,13,16H,6-7,12,14-15H2,1-4H3,(H,24,26)/t16-/m1/s1. The molecular weight excluding hydrogens is 448 g/mol. The van der Waals surface area contributed by atoms with Gasteiger partial charge in [0.2, 0.25) is 15.9 Å². The van der Waals surface area contributed by atoms with Crippen molar-refractivity contribution in [2.24, 2.45) is 5.92 Å². The molecule has 1 aliphatic heterocycles. The monoisotopic (exact) mass is 478 g/mol. The predicted octanol–water partition coefficient (Wildman–Crippen LogP) is 2.44. The summed E-state index contributed by atoms with van der Waals surface area (Å²) in [5.74, 6) is 1.14. The van der Waals surface area contributed by atoms with Gasteiger partial charge in [0.25, 0.3) is 0 Å². The lowest BCUT2D eigenvalue weighted by atomic mass is 9.98. The van der Waals surface area contributed by atoms with Gasteiger partial charge < -0.3 is 24.3 Å². The van der Waals surface area contributed by atoms with Crippen molar-refractivity contribution in [1.82, 2.24) is 9.62 Å². The molecule has 0 radical (unpaired) electrons. The number of nitrogens with one attached hydrogen (secondary N) is 1. The Balaban J connectivity index is 1.75. The predicted molar refractivity (Wildman–Crippen MR) is 122 cm³/mol. The number of hydrogen-bond acceptors (Lipinski definition) is 7. The van der Waals surface area contributed by atoms with Gasteiger partial charge in [0, 0.05) is 19.2 Å². The van der Waals surface area contributed by atoms with Crippen LogP contribution in [0.2, 0.25) is 0 Å². The number of amides is 1. The van der Waals surface area contributed by atoms with Crippen LogP contribution in [-0.2, 0) is 21.4 Å². The summed E-state index contributed by atoms with van der Waals surface area (Å²) in [6, 6.07) is 10.0. The molecule has 0 unspecified atom stereocenters. The molecule has 1 aliphatic rings. The number of methoxy groups -OCH3 is 4. The Labute approximate surface area is 194 Å². The van der Waals surface area contributed by atoms with Crippen LogP contribution in [-0.4, -0.2) is 60.2 Å². The maximum Gasteiger partial charge on any atom is 0.246 e. The minimum absolute atomic E-state index is 0.0177. The van der Waals surface area contributed by atoms with Crippen LogP contribution in [0.1, 0.15) is 18.4 Å². The highest BCUT2D eigenvalue weighted by molar-refractivity contribution is 7.89. The Morgan fingerprint density at radius 2 is 1.67 bits per heavy atom. The van der Waals surface area contributed by atoms with Crippen molar-refractivity contribution in [2.75, 3.05) is 41.5 Å². The molecule has 2 aromatic carbocycles. The highest BCUT2D eigenvalue weighted by Gasteiger charge is 2.35. The summed E-state index contributed by atoms with van der Waals surface area (Å²) in [7, 11) is 2.11. The third kappa shape index (κ3) is 5.33. The van der Waals surface area contributed by atoms with Gasteiger partial charge in [-0.2, -0.15) is 4.31 Å². The summed E-state index contributed by atoms with van der Waals surface area (Å²) < 4.78 is 49.3. The fraction of sp³-hybridized carbons (Fsp3) is 0.435. The zero-order valence-corrected chi connectivity index (χ0v) is 20.1. The van der Waals surface area contributed by atoms with E-state index in [9.17, 15) is 13.2 Å². The molecule has 1 fully saturated rings. The van der Waals surface area contributed by atoms with E-state index in [1.54, 1.807) is 44.6 Å². The molecule has 33 heavy (non-hydrogen) atoms. The molecule has 1 atom stereocenters. The normalized spacial score (nSPS) is 16.7. The van der Waals surface area contributed by atoms with E-state index in [2.05, 4.69) is 5.32 Å². The lowest BCUT2D eigenvalue weighted by Crippen LogP contribution is -2.45. The van der Waals surface area contributed by atoms with Crippen LogP contribution >= 0.6 is 0 Å². The number of ether oxygens (including phenoxy) is 4. The van der Waals surface area contributed by atoms with E-state index in [0.717, 1.165) is 5.56 Å². The topological polar surface area (TPSA) is 103 Å². The highest BCUT2D eigenvalue weighted by atomic mass is 32.2. The van der Waals surface area contributed by atoms with Crippen LogP contribution in [0, 0.1) is 5.92 Å². The molecule has 1 saturated heterocycles. The van der Waals surface area contributed by atoms with Crippen molar-refractivity contribution in [3.8, 4) is 23.0 Å². The van der Waals surface area contributed by atoms with Gasteiger partial charge in [-0.25, -0.2) is 8.42 Å². The summed E-state index contributed by atoms with van der Waals surface area (Å²) in [6.45, 7) is 0.614. The number of rotatable bonds is 9. The molecule has 0 bridgehead atoms. The number of carbonyl (C=O) groups is 1. The fourth-order valence-corrected chi connectivity index (χ4v) is 5.62. The minimum Gasteiger partial charge on any atom is -0.497 e. The lowest BCUT2D eigenvalue weighted by Gasteiger charge is -2.31. The van der Waals surface area contributed by atoms with Crippen molar-refractivity contribution in [1.29, 1.82) is 0 Å². The molecule has 180 valence electrons. The van der Waals surface area contributed by atoms with E-state index in [1.807, 2.05) is 0 Å². The van der Waals surface area contributed by atoms with Gasteiger partial charge >= 0.3 is 0 Å². The van der Waals surface area contributed by atoms with Crippen LogP contribution in [0.4, 0.5) is 0 Å².